The SMILES string of the molecule is CCC(C)c1c(Cl)sc(NC(=O)Cc2cccc(Oc3ccccc3)c2)c1C(=O)OC. The van der Waals surface area contributed by atoms with Gasteiger partial charge in [0.15, 0.2) is 0 Å². The van der Waals surface area contributed by atoms with E-state index in [-0.39, 0.29) is 18.2 Å². The van der Waals surface area contributed by atoms with Gasteiger partial charge in [-0.3, -0.25) is 4.79 Å². The quantitative estimate of drug-likeness (QED) is 0.383. The first kappa shape index (κ1) is 22.8. The lowest BCUT2D eigenvalue weighted by molar-refractivity contribution is -0.115. The second-order valence-electron chi connectivity index (χ2n) is 7.08. The lowest BCUT2D eigenvalue weighted by atomic mass is 9.97. The lowest BCUT2D eigenvalue weighted by Gasteiger charge is -2.12. The molecule has 0 spiro atoms. The monoisotopic (exact) mass is 457 g/mol. The first-order chi connectivity index (χ1) is 14.9. The summed E-state index contributed by atoms with van der Waals surface area (Å²) in [6.45, 7) is 4.01. The van der Waals surface area contributed by atoms with Gasteiger partial charge in [-0.2, -0.15) is 0 Å². The number of carbonyl (C=O) groups is 2. The summed E-state index contributed by atoms with van der Waals surface area (Å²) in [7, 11) is 1.32. The Balaban J connectivity index is 1.77. The molecule has 0 aliphatic carbocycles. The molecule has 0 radical (unpaired) electrons. The van der Waals surface area contributed by atoms with Gasteiger partial charge in [-0.05, 0) is 42.2 Å². The number of ether oxygens (including phenoxy) is 2. The van der Waals surface area contributed by atoms with Gasteiger partial charge in [0.25, 0.3) is 0 Å². The Bertz CT molecular complexity index is 1060. The maximum atomic E-state index is 12.7. The smallest absolute Gasteiger partial charge is 0.341 e. The number of rotatable bonds is 8. The van der Waals surface area contributed by atoms with Gasteiger partial charge in [0.1, 0.15) is 16.5 Å². The van der Waals surface area contributed by atoms with E-state index in [0.29, 0.717) is 20.7 Å². The fourth-order valence-corrected chi connectivity index (χ4v) is 4.72. The zero-order chi connectivity index (χ0) is 22.4. The minimum Gasteiger partial charge on any atom is -0.465 e. The number of amides is 1. The van der Waals surface area contributed by atoms with Gasteiger partial charge in [-0.15, -0.1) is 11.3 Å². The molecular formula is C24H24ClNO4S. The highest BCUT2D eigenvalue weighted by atomic mass is 35.5. The minimum atomic E-state index is -0.507. The van der Waals surface area contributed by atoms with Crippen LogP contribution in [0.15, 0.2) is 54.6 Å². The Labute approximate surface area is 191 Å². The summed E-state index contributed by atoms with van der Waals surface area (Å²) in [4.78, 5) is 25.1. The van der Waals surface area contributed by atoms with Crippen molar-refractivity contribution in [3.8, 4) is 11.5 Å². The van der Waals surface area contributed by atoms with Gasteiger partial charge in [0.2, 0.25) is 5.91 Å². The predicted molar refractivity (Wildman–Crippen MR) is 125 cm³/mol. The van der Waals surface area contributed by atoms with Crippen molar-refractivity contribution < 1.29 is 19.1 Å². The molecule has 5 nitrogen and oxygen atoms in total. The number of hydrogen-bond donors (Lipinski definition) is 1. The molecule has 0 fully saturated rings. The highest BCUT2D eigenvalue weighted by molar-refractivity contribution is 7.20. The van der Waals surface area contributed by atoms with Crippen LogP contribution in [0, 0.1) is 0 Å². The number of hydrogen-bond acceptors (Lipinski definition) is 5. The molecule has 7 heteroatoms. The Hall–Kier alpha value is -2.83. The number of thiophene rings is 1. The van der Waals surface area contributed by atoms with E-state index < -0.39 is 5.97 Å². The van der Waals surface area contributed by atoms with Crippen molar-refractivity contribution in [1.29, 1.82) is 0 Å². The molecule has 1 heterocycles. The summed E-state index contributed by atoms with van der Waals surface area (Å²) in [6.07, 6.45) is 0.933. The van der Waals surface area contributed by atoms with Crippen LogP contribution in [0.1, 0.15) is 47.7 Å². The van der Waals surface area contributed by atoms with E-state index in [1.165, 1.54) is 18.4 Å². The number of methoxy groups -OCH3 is 1. The number of halogens is 1. The van der Waals surface area contributed by atoms with E-state index in [1.807, 2.05) is 68.4 Å². The van der Waals surface area contributed by atoms with Crippen molar-refractivity contribution >= 4 is 39.8 Å². The van der Waals surface area contributed by atoms with Crippen LogP contribution < -0.4 is 10.1 Å². The average molecular weight is 458 g/mol. The molecule has 0 saturated carbocycles. The number of nitrogens with one attached hydrogen (secondary N) is 1. The first-order valence-electron chi connectivity index (χ1n) is 9.95. The van der Waals surface area contributed by atoms with Crippen LogP contribution in [0.5, 0.6) is 11.5 Å². The largest absolute Gasteiger partial charge is 0.465 e. The van der Waals surface area contributed by atoms with Crippen molar-refractivity contribution in [3.05, 3.63) is 75.6 Å². The van der Waals surface area contributed by atoms with Crippen molar-refractivity contribution in [3.63, 3.8) is 0 Å². The molecule has 2 aromatic carbocycles. The lowest BCUT2D eigenvalue weighted by Crippen LogP contribution is -2.16. The van der Waals surface area contributed by atoms with Gasteiger partial charge in [0.05, 0.1) is 23.4 Å². The third kappa shape index (κ3) is 5.66. The number of carbonyl (C=O) groups excluding carboxylic acids is 2. The van der Waals surface area contributed by atoms with Crippen LogP contribution in [0.25, 0.3) is 0 Å². The molecule has 1 unspecified atom stereocenters. The van der Waals surface area contributed by atoms with E-state index in [1.54, 1.807) is 0 Å². The van der Waals surface area contributed by atoms with Crippen LogP contribution in [0.3, 0.4) is 0 Å². The second-order valence-corrected chi connectivity index (χ2v) is 8.70. The fraction of sp³-hybridized carbons (Fsp3) is 0.250. The first-order valence-corrected chi connectivity index (χ1v) is 11.1. The summed E-state index contributed by atoms with van der Waals surface area (Å²) in [6, 6.07) is 16.8. The van der Waals surface area contributed by atoms with Gasteiger partial charge >= 0.3 is 5.97 Å². The average Bonchev–Trinajstić information content (AvgIpc) is 3.08. The molecule has 0 saturated heterocycles. The van der Waals surface area contributed by atoms with Gasteiger partial charge in [-0.25, -0.2) is 4.79 Å². The molecule has 1 amide bonds. The molecule has 0 aliphatic rings. The van der Waals surface area contributed by atoms with Crippen molar-refractivity contribution in [1.82, 2.24) is 0 Å². The second kappa shape index (κ2) is 10.5. The highest BCUT2D eigenvalue weighted by Gasteiger charge is 2.27. The van der Waals surface area contributed by atoms with Gasteiger partial charge in [-0.1, -0.05) is 55.8 Å². The fourth-order valence-electron chi connectivity index (χ4n) is 3.15. The summed E-state index contributed by atoms with van der Waals surface area (Å²) in [5, 5.41) is 3.25. The number of benzene rings is 2. The number of para-hydroxylation sites is 1. The Kier molecular flexibility index (Phi) is 7.71. The van der Waals surface area contributed by atoms with E-state index in [9.17, 15) is 9.59 Å². The molecule has 3 rings (SSSR count). The molecule has 0 aliphatic heterocycles. The number of esters is 1. The van der Waals surface area contributed by atoms with E-state index in [0.717, 1.165) is 23.3 Å². The van der Waals surface area contributed by atoms with E-state index in [4.69, 9.17) is 21.1 Å². The van der Waals surface area contributed by atoms with Crippen molar-refractivity contribution in [2.24, 2.45) is 0 Å². The Morgan fingerprint density at radius 3 is 2.48 bits per heavy atom. The maximum Gasteiger partial charge on any atom is 0.341 e. The molecule has 3 aromatic rings. The van der Waals surface area contributed by atoms with Crippen molar-refractivity contribution in [2.45, 2.75) is 32.6 Å². The topological polar surface area (TPSA) is 64.6 Å². The van der Waals surface area contributed by atoms with E-state index in [2.05, 4.69) is 5.32 Å². The molecule has 162 valence electrons. The summed E-state index contributed by atoms with van der Waals surface area (Å²) in [5.41, 5.74) is 1.84. The van der Waals surface area contributed by atoms with Gasteiger partial charge in [0, 0.05) is 5.56 Å². The minimum absolute atomic E-state index is 0.0651. The molecule has 1 N–H and O–H groups in total. The summed E-state index contributed by atoms with van der Waals surface area (Å²) in [5.74, 6) is 0.667. The van der Waals surface area contributed by atoms with Gasteiger partial charge < -0.3 is 14.8 Å². The zero-order valence-electron chi connectivity index (χ0n) is 17.6. The standard InChI is InChI=1S/C24H24ClNO4S/c1-4-15(2)20-21(24(28)29-3)23(31-22(20)25)26-19(27)14-16-9-8-12-18(13-16)30-17-10-6-5-7-11-17/h5-13,15H,4,14H2,1-3H3,(H,26,27). The molecule has 0 bridgehead atoms. The third-order valence-electron chi connectivity index (χ3n) is 4.89. The highest BCUT2D eigenvalue weighted by Crippen LogP contribution is 2.42. The van der Waals surface area contributed by atoms with Crippen LogP contribution in [0.2, 0.25) is 4.34 Å². The van der Waals surface area contributed by atoms with Crippen LogP contribution >= 0.6 is 22.9 Å². The van der Waals surface area contributed by atoms with Crippen LogP contribution in [-0.2, 0) is 16.0 Å². The molecule has 1 aromatic heterocycles. The Morgan fingerprint density at radius 2 is 1.81 bits per heavy atom. The summed E-state index contributed by atoms with van der Waals surface area (Å²) >= 11 is 7.59. The maximum absolute atomic E-state index is 12.7. The summed E-state index contributed by atoms with van der Waals surface area (Å²) < 4.78 is 11.3. The normalized spacial score (nSPS) is 11.6. The zero-order valence-corrected chi connectivity index (χ0v) is 19.2. The third-order valence-corrected chi connectivity index (χ3v) is 6.23. The molecule has 1 atom stereocenters. The number of anilines is 1. The van der Waals surface area contributed by atoms with E-state index >= 15 is 0 Å². The van der Waals surface area contributed by atoms with Crippen LogP contribution in [0.4, 0.5) is 5.00 Å². The van der Waals surface area contributed by atoms with Crippen LogP contribution in [-0.4, -0.2) is 19.0 Å². The molecule has 31 heavy (non-hydrogen) atoms. The van der Waals surface area contributed by atoms with Crippen molar-refractivity contribution in [2.75, 3.05) is 12.4 Å². The predicted octanol–water partition coefficient (Wildman–Crippen LogP) is 6.68. The Morgan fingerprint density at radius 1 is 1.10 bits per heavy atom. The molecular weight excluding hydrogens is 434 g/mol.